The molecule has 1 heterocycles. The number of nitrogens with zero attached hydrogens (tertiary/aromatic N) is 2. The molecule has 1 atom stereocenters. The number of carbonyl (C=O) groups excluding carboxylic acids is 2. The monoisotopic (exact) mass is 348 g/mol. The first kappa shape index (κ1) is 19.1. The van der Waals surface area contributed by atoms with Gasteiger partial charge in [0.15, 0.2) is 0 Å². The normalized spacial score (nSPS) is 16.9. The molecule has 0 aromatic heterocycles. The minimum Gasteiger partial charge on any atom is -0.497 e. The molecule has 1 aliphatic heterocycles. The quantitative estimate of drug-likeness (QED) is 0.725. The molecule has 1 fully saturated rings. The lowest BCUT2D eigenvalue weighted by molar-refractivity contribution is -0.135. The van der Waals surface area contributed by atoms with Gasteiger partial charge in [-0.05, 0) is 25.5 Å². The van der Waals surface area contributed by atoms with Crippen LogP contribution in [0.15, 0.2) is 18.2 Å². The van der Waals surface area contributed by atoms with Gasteiger partial charge in [-0.3, -0.25) is 9.59 Å². The fraction of sp³-hybridized carbons (Fsp3) is 0.579. The molecular formula is C19H28N2O4. The lowest BCUT2D eigenvalue weighted by Gasteiger charge is -2.24. The first-order chi connectivity index (χ1) is 12.0. The number of ether oxygens (including phenoxy) is 2. The fourth-order valence-corrected chi connectivity index (χ4v) is 3.14. The third-order valence-corrected chi connectivity index (χ3v) is 4.63. The number of methoxy groups -OCH3 is 2. The summed E-state index contributed by atoms with van der Waals surface area (Å²) in [6, 6.07) is 5.34. The van der Waals surface area contributed by atoms with E-state index < -0.39 is 0 Å². The highest BCUT2D eigenvalue weighted by Crippen LogP contribution is 2.36. The van der Waals surface area contributed by atoms with Gasteiger partial charge in [0, 0.05) is 32.1 Å². The summed E-state index contributed by atoms with van der Waals surface area (Å²) >= 11 is 0. The summed E-state index contributed by atoms with van der Waals surface area (Å²) in [5, 5.41) is 0. The van der Waals surface area contributed by atoms with Crippen molar-refractivity contribution in [3.63, 3.8) is 0 Å². The van der Waals surface area contributed by atoms with Gasteiger partial charge in [-0.1, -0.05) is 13.3 Å². The van der Waals surface area contributed by atoms with Gasteiger partial charge in [0.1, 0.15) is 11.5 Å². The van der Waals surface area contributed by atoms with Crippen LogP contribution in [-0.4, -0.2) is 50.6 Å². The van der Waals surface area contributed by atoms with Gasteiger partial charge < -0.3 is 19.3 Å². The van der Waals surface area contributed by atoms with Crippen molar-refractivity contribution in [2.45, 2.75) is 33.1 Å². The molecule has 0 unspecified atom stereocenters. The molecule has 0 aliphatic carbocycles. The number of carbonyl (C=O) groups is 2. The summed E-state index contributed by atoms with van der Waals surface area (Å²) in [6.45, 7) is 5.89. The second kappa shape index (κ2) is 8.74. The third-order valence-electron chi connectivity index (χ3n) is 4.63. The van der Waals surface area contributed by atoms with E-state index in [-0.39, 0.29) is 24.2 Å². The van der Waals surface area contributed by atoms with Crippen molar-refractivity contribution in [3.8, 4) is 11.5 Å². The van der Waals surface area contributed by atoms with E-state index >= 15 is 0 Å². The largest absolute Gasteiger partial charge is 0.497 e. The van der Waals surface area contributed by atoms with Crippen LogP contribution in [0.4, 0.5) is 5.69 Å². The Morgan fingerprint density at radius 2 is 2.04 bits per heavy atom. The standard InChI is InChI=1S/C19H28N2O4/c1-5-7-10-20(6-2)19(23)14-11-18(22)21(13-14)16-12-15(24-3)8-9-17(16)25-4/h8-9,12,14H,5-7,10-11,13H2,1-4H3/t14-/m1/s1. The topological polar surface area (TPSA) is 59.1 Å². The van der Waals surface area contributed by atoms with Crippen LogP contribution in [0.2, 0.25) is 0 Å². The number of unbranched alkanes of at least 4 members (excludes halogenated alkanes) is 1. The molecule has 0 spiro atoms. The molecule has 0 radical (unpaired) electrons. The number of rotatable bonds is 8. The van der Waals surface area contributed by atoms with Crippen molar-refractivity contribution in [1.29, 1.82) is 0 Å². The Labute approximate surface area is 149 Å². The van der Waals surface area contributed by atoms with E-state index in [4.69, 9.17) is 9.47 Å². The smallest absolute Gasteiger partial charge is 0.228 e. The Kier molecular flexibility index (Phi) is 6.67. The van der Waals surface area contributed by atoms with Gasteiger partial charge in [-0.25, -0.2) is 0 Å². The minimum atomic E-state index is -0.305. The van der Waals surface area contributed by atoms with Crippen LogP contribution in [-0.2, 0) is 9.59 Å². The van der Waals surface area contributed by atoms with Crippen LogP contribution in [0, 0.1) is 5.92 Å². The van der Waals surface area contributed by atoms with Crippen molar-refractivity contribution in [2.75, 3.05) is 38.8 Å². The van der Waals surface area contributed by atoms with Crippen molar-refractivity contribution in [1.82, 2.24) is 4.90 Å². The van der Waals surface area contributed by atoms with Crippen molar-refractivity contribution >= 4 is 17.5 Å². The highest BCUT2D eigenvalue weighted by atomic mass is 16.5. The third kappa shape index (κ3) is 4.24. The Balaban J connectivity index is 2.18. The number of hydrogen-bond acceptors (Lipinski definition) is 4. The summed E-state index contributed by atoms with van der Waals surface area (Å²) in [7, 11) is 3.15. The van der Waals surface area contributed by atoms with Crippen LogP contribution in [0.25, 0.3) is 0 Å². The van der Waals surface area contributed by atoms with Crippen LogP contribution < -0.4 is 14.4 Å². The maximum atomic E-state index is 12.8. The van der Waals surface area contributed by atoms with Crippen molar-refractivity contribution in [3.05, 3.63) is 18.2 Å². The Morgan fingerprint density at radius 3 is 2.64 bits per heavy atom. The van der Waals surface area contributed by atoms with E-state index in [2.05, 4.69) is 6.92 Å². The molecule has 1 aliphatic rings. The lowest BCUT2D eigenvalue weighted by atomic mass is 10.1. The molecule has 0 N–H and O–H groups in total. The van der Waals surface area contributed by atoms with Gasteiger partial charge in [0.2, 0.25) is 11.8 Å². The van der Waals surface area contributed by atoms with E-state index in [9.17, 15) is 9.59 Å². The summed E-state index contributed by atoms with van der Waals surface area (Å²) in [5.41, 5.74) is 0.652. The fourth-order valence-electron chi connectivity index (χ4n) is 3.14. The second-order valence-electron chi connectivity index (χ2n) is 6.21. The summed E-state index contributed by atoms with van der Waals surface area (Å²) < 4.78 is 10.6. The van der Waals surface area contributed by atoms with Gasteiger partial charge in [0.25, 0.3) is 0 Å². The molecular weight excluding hydrogens is 320 g/mol. The molecule has 1 aromatic carbocycles. The number of anilines is 1. The van der Waals surface area contributed by atoms with E-state index in [0.717, 1.165) is 19.4 Å². The number of hydrogen-bond donors (Lipinski definition) is 0. The second-order valence-corrected chi connectivity index (χ2v) is 6.21. The minimum absolute atomic E-state index is 0.0588. The summed E-state index contributed by atoms with van der Waals surface area (Å²) in [4.78, 5) is 28.8. The Morgan fingerprint density at radius 1 is 1.28 bits per heavy atom. The van der Waals surface area contributed by atoms with Crippen molar-refractivity contribution in [2.24, 2.45) is 5.92 Å². The predicted octanol–water partition coefficient (Wildman–Crippen LogP) is 2.71. The molecule has 1 saturated heterocycles. The molecule has 1 aromatic rings. The Bertz CT molecular complexity index is 617. The highest BCUT2D eigenvalue weighted by molar-refractivity contribution is 6.01. The molecule has 6 heteroatoms. The summed E-state index contributed by atoms with van der Waals surface area (Å²) in [6.07, 6.45) is 2.26. The van der Waals surface area contributed by atoms with Crippen LogP contribution in [0.1, 0.15) is 33.1 Å². The average molecular weight is 348 g/mol. The van der Waals surface area contributed by atoms with Crippen LogP contribution >= 0.6 is 0 Å². The van der Waals surface area contributed by atoms with Crippen LogP contribution in [0.3, 0.4) is 0 Å². The molecule has 2 rings (SSSR count). The highest BCUT2D eigenvalue weighted by Gasteiger charge is 2.38. The lowest BCUT2D eigenvalue weighted by Crippen LogP contribution is -2.38. The molecule has 6 nitrogen and oxygen atoms in total. The number of amides is 2. The molecule has 138 valence electrons. The van der Waals surface area contributed by atoms with Gasteiger partial charge in [-0.2, -0.15) is 0 Å². The SMILES string of the molecule is CCCCN(CC)C(=O)[C@@H]1CC(=O)N(c2cc(OC)ccc2OC)C1. The number of benzene rings is 1. The molecule has 25 heavy (non-hydrogen) atoms. The average Bonchev–Trinajstić information content (AvgIpc) is 3.03. The maximum Gasteiger partial charge on any atom is 0.228 e. The van der Waals surface area contributed by atoms with E-state index in [1.807, 2.05) is 11.8 Å². The first-order valence-corrected chi connectivity index (χ1v) is 8.86. The van der Waals surface area contributed by atoms with Gasteiger partial charge in [-0.15, -0.1) is 0 Å². The van der Waals surface area contributed by atoms with Gasteiger partial charge >= 0.3 is 0 Å². The van der Waals surface area contributed by atoms with Crippen molar-refractivity contribution < 1.29 is 19.1 Å². The van der Waals surface area contributed by atoms with E-state index in [1.54, 1.807) is 37.3 Å². The molecule has 2 amide bonds. The Hall–Kier alpha value is -2.24. The van der Waals surface area contributed by atoms with Crippen LogP contribution in [0.5, 0.6) is 11.5 Å². The molecule has 0 bridgehead atoms. The van der Waals surface area contributed by atoms with E-state index in [1.165, 1.54) is 0 Å². The zero-order valence-corrected chi connectivity index (χ0v) is 15.6. The first-order valence-electron chi connectivity index (χ1n) is 8.86. The maximum absolute atomic E-state index is 12.8. The zero-order valence-electron chi connectivity index (χ0n) is 15.6. The summed E-state index contributed by atoms with van der Waals surface area (Å²) in [5.74, 6) is 0.947. The predicted molar refractivity (Wildman–Crippen MR) is 97.2 cm³/mol. The zero-order chi connectivity index (χ0) is 18.4. The molecule has 0 saturated carbocycles. The van der Waals surface area contributed by atoms with Gasteiger partial charge in [0.05, 0.1) is 25.8 Å². The van der Waals surface area contributed by atoms with E-state index in [0.29, 0.717) is 30.3 Å².